The first-order valence-corrected chi connectivity index (χ1v) is 5.32. The van der Waals surface area contributed by atoms with Gasteiger partial charge in [0.1, 0.15) is 5.92 Å². The van der Waals surface area contributed by atoms with Crippen molar-refractivity contribution in [1.82, 2.24) is 0 Å². The molecule has 9 heteroatoms. The van der Waals surface area contributed by atoms with Crippen molar-refractivity contribution in [2.24, 2.45) is 5.92 Å². The molecule has 2 atom stereocenters. The molecule has 0 radical (unpaired) electrons. The van der Waals surface area contributed by atoms with Gasteiger partial charge in [0.05, 0.1) is 19.6 Å². The van der Waals surface area contributed by atoms with Crippen LogP contribution in [0.1, 0.15) is 13.3 Å². The first-order chi connectivity index (χ1) is 8.81. The lowest BCUT2D eigenvalue weighted by Crippen LogP contribution is -2.38. The average Bonchev–Trinajstić information content (AvgIpc) is 2.33. The van der Waals surface area contributed by atoms with Gasteiger partial charge in [-0.3, -0.25) is 9.59 Å². The smallest absolute Gasteiger partial charge is 0.333 e. The van der Waals surface area contributed by atoms with E-state index in [1.165, 1.54) is 6.92 Å². The molecule has 112 valence electrons. The third-order valence-electron chi connectivity index (χ3n) is 1.77. The van der Waals surface area contributed by atoms with Gasteiger partial charge in [0.25, 0.3) is 0 Å². The Morgan fingerprint density at radius 1 is 1.00 bits per heavy atom. The van der Waals surface area contributed by atoms with Crippen LogP contribution in [-0.4, -0.2) is 69.4 Å². The minimum absolute atomic E-state index is 0.000363. The maximum Gasteiger partial charge on any atom is 0.333 e. The fourth-order valence-corrected chi connectivity index (χ4v) is 1.05. The Labute approximate surface area is 109 Å². The summed E-state index contributed by atoms with van der Waals surface area (Å²) in [6.45, 7) is 1.25. The highest BCUT2D eigenvalue weighted by molar-refractivity contribution is 5.85. The maximum atomic E-state index is 10.6. The van der Waals surface area contributed by atoms with Crippen LogP contribution < -0.4 is 0 Å². The van der Waals surface area contributed by atoms with Gasteiger partial charge in [-0.1, -0.05) is 0 Å². The molecule has 0 aromatic heterocycles. The minimum Gasteiger partial charge on any atom is -0.481 e. The van der Waals surface area contributed by atoms with Gasteiger partial charge < -0.3 is 30.3 Å². The van der Waals surface area contributed by atoms with Crippen LogP contribution >= 0.6 is 0 Å². The van der Waals surface area contributed by atoms with Crippen molar-refractivity contribution in [2.75, 3.05) is 19.8 Å². The summed E-state index contributed by atoms with van der Waals surface area (Å²) in [5, 5.41) is 41.0. The van der Waals surface area contributed by atoms with Crippen LogP contribution in [0.4, 0.5) is 0 Å². The van der Waals surface area contributed by atoms with Gasteiger partial charge in [0, 0.05) is 6.61 Å². The van der Waals surface area contributed by atoms with E-state index in [0.29, 0.717) is 0 Å². The summed E-state index contributed by atoms with van der Waals surface area (Å²) >= 11 is 0. The monoisotopic (exact) mass is 282 g/mol. The molecule has 0 amide bonds. The molecule has 0 fully saturated rings. The predicted octanol–water partition coefficient (Wildman–Crippen LogP) is -1.38. The van der Waals surface area contributed by atoms with Crippen molar-refractivity contribution in [1.29, 1.82) is 0 Å². The predicted molar refractivity (Wildman–Crippen MR) is 60.6 cm³/mol. The number of aliphatic hydroxyl groups is 2. The molecule has 5 N–H and O–H groups in total. The summed E-state index contributed by atoms with van der Waals surface area (Å²) in [5.74, 6) is -5.95. The van der Waals surface area contributed by atoms with Crippen LogP contribution in [0.25, 0.3) is 0 Å². The zero-order chi connectivity index (χ0) is 15.4. The lowest BCUT2D eigenvalue weighted by Gasteiger charge is -2.18. The van der Waals surface area contributed by atoms with Crippen LogP contribution in [0.15, 0.2) is 0 Å². The van der Waals surface area contributed by atoms with E-state index in [2.05, 4.69) is 4.74 Å². The van der Waals surface area contributed by atoms with Crippen LogP contribution in [0.5, 0.6) is 0 Å². The summed E-state index contributed by atoms with van der Waals surface area (Å²) in [4.78, 5) is 31.6. The molecule has 0 aliphatic carbocycles. The van der Waals surface area contributed by atoms with Gasteiger partial charge in [0.2, 0.25) is 0 Å². The van der Waals surface area contributed by atoms with E-state index in [1.54, 1.807) is 0 Å². The first kappa shape index (κ1) is 19.6. The van der Waals surface area contributed by atoms with Crippen molar-refractivity contribution in [3.63, 3.8) is 0 Å². The Kier molecular flexibility index (Phi) is 11.8. The lowest BCUT2D eigenvalue weighted by atomic mass is 9.98. The summed E-state index contributed by atoms with van der Waals surface area (Å²) in [6, 6.07) is 0. The third kappa shape index (κ3) is 9.94. The zero-order valence-corrected chi connectivity index (χ0v) is 10.4. The van der Waals surface area contributed by atoms with E-state index in [1.807, 2.05) is 0 Å². The van der Waals surface area contributed by atoms with Gasteiger partial charge in [-0.25, -0.2) is 4.79 Å². The SMILES string of the molecule is CCOC(C(=O)O)C(CC(=O)O)C(=O)O.OCCO. The molecule has 9 nitrogen and oxygen atoms in total. The Morgan fingerprint density at radius 2 is 1.47 bits per heavy atom. The molecule has 0 aromatic rings. The largest absolute Gasteiger partial charge is 0.481 e. The molecule has 0 bridgehead atoms. The second kappa shape index (κ2) is 11.4. The Balaban J connectivity index is 0. The summed E-state index contributed by atoms with van der Waals surface area (Å²) in [7, 11) is 0. The fourth-order valence-electron chi connectivity index (χ4n) is 1.05. The van der Waals surface area contributed by atoms with E-state index in [4.69, 9.17) is 25.5 Å². The molecule has 2 unspecified atom stereocenters. The number of carboxylic acids is 3. The topological polar surface area (TPSA) is 162 Å². The highest BCUT2D eigenvalue weighted by Gasteiger charge is 2.36. The molecular weight excluding hydrogens is 264 g/mol. The summed E-state index contributed by atoms with van der Waals surface area (Å²) < 4.78 is 4.68. The van der Waals surface area contributed by atoms with Gasteiger partial charge in [-0.05, 0) is 6.92 Å². The van der Waals surface area contributed by atoms with Crippen LogP contribution in [0, 0.1) is 5.92 Å². The molecule has 0 saturated carbocycles. The number of aliphatic carboxylic acids is 3. The number of hydrogen-bond donors (Lipinski definition) is 5. The molecule has 0 heterocycles. The molecule has 0 saturated heterocycles. The maximum absolute atomic E-state index is 10.6. The summed E-state index contributed by atoms with van der Waals surface area (Å²) in [5.41, 5.74) is 0. The highest BCUT2D eigenvalue weighted by atomic mass is 16.5. The van der Waals surface area contributed by atoms with Gasteiger partial charge in [-0.2, -0.15) is 0 Å². The highest BCUT2D eigenvalue weighted by Crippen LogP contribution is 2.14. The molecule has 0 rings (SSSR count). The first-order valence-electron chi connectivity index (χ1n) is 5.32. The minimum atomic E-state index is -1.64. The number of ether oxygens (including phenoxy) is 1. The van der Waals surface area contributed by atoms with Crippen molar-refractivity contribution in [3.05, 3.63) is 0 Å². The van der Waals surface area contributed by atoms with Crippen molar-refractivity contribution in [2.45, 2.75) is 19.4 Å². The Morgan fingerprint density at radius 3 is 1.68 bits per heavy atom. The third-order valence-corrected chi connectivity index (χ3v) is 1.77. The van der Waals surface area contributed by atoms with Gasteiger partial charge >= 0.3 is 17.9 Å². The van der Waals surface area contributed by atoms with Gasteiger partial charge in [-0.15, -0.1) is 0 Å². The van der Waals surface area contributed by atoms with E-state index in [0.717, 1.165) is 0 Å². The Bertz CT molecular complexity index is 287. The number of carbonyl (C=O) groups is 3. The van der Waals surface area contributed by atoms with Crippen LogP contribution in [-0.2, 0) is 19.1 Å². The molecule has 0 aliphatic rings. The number of rotatable bonds is 8. The summed E-state index contributed by atoms with van der Waals surface area (Å²) in [6.07, 6.45) is -2.42. The zero-order valence-electron chi connectivity index (χ0n) is 10.4. The van der Waals surface area contributed by atoms with E-state index in [9.17, 15) is 14.4 Å². The van der Waals surface area contributed by atoms with Gasteiger partial charge in [0.15, 0.2) is 6.10 Å². The number of carboxylic acid groups (broad SMARTS) is 3. The second-order valence-corrected chi connectivity index (χ2v) is 3.20. The second-order valence-electron chi connectivity index (χ2n) is 3.20. The van der Waals surface area contributed by atoms with E-state index >= 15 is 0 Å². The number of aliphatic hydroxyl groups excluding tert-OH is 2. The molecule has 0 spiro atoms. The molecule has 0 aliphatic heterocycles. The lowest BCUT2D eigenvalue weighted by molar-refractivity contribution is -0.166. The van der Waals surface area contributed by atoms with E-state index < -0.39 is 36.4 Å². The van der Waals surface area contributed by atoms with Crippen molar-refractivity contribution >= 4 is 17.9 Å². The molecule has 19 heavy (non-hydrogen) atoms. The average molecular weight is 282 g/mol. The van der Waals surface area contributed by atoms with Crippen LogP contribution in [0.2, 0.25) is 0 Å². The van der Waals surface area contributed by atoms with Crippen LogP contribution in [0.3, 0.4) is 0 Å². The molecule has 0 aromatic carbocycles. The normalized spacial score (nSPS) is 12.8. The van der Waals surface area contributed by atoms with Crippen molar-refractivity contribution in [3.8, 4) is 0 Å². The standard InChI is InChI=1S/C8H12O7.C2H6O2/c1-2-15-6(8(13)14)4(7(11)12)3-5(9)10;3-1-2-4/h4,6H,2-3H2,1H3,(H,9,10)(H,11,12)(H,13,14);3-4H,1-2H2. The van der Waals surface area contributed by atoms with E-state index in [-0.39, 0.29) is 19.8 Å². The van der Waals surface area contributed by atoms with Crippen molar-refractivity contribution < 1.29 is 44.7 Å². The fraction of sp³-hybridized carbons (Fsp3) is 0.700. The molecular formula is C10H18O9. The Hall–Kier alpha value is -1.71. The quantitative estimate of drug-likeness (QED) is 0.361. The number of hydrogen-bond acceptors (Lipinski definition) is 6.